The van der Waals surface area contributed by atoms with Crippen LogP contribution in [0.15, 0.2) is 22.7 Å². The first kappa shape index (κ1) is 12.6. The van der Waals surface area contributed by atoms with Crippen molar-refractivity contribution in [1.82, 2.24) is 9.80 Å². The lowest BCUT2D eigenvalue weighted by molar-refractivity contribution is 0.121. The second-order valence-corrected chi connectivity index (χ2v) is 6.15. The van der Waals surface area contributed by atoms with Gasteiger partial charge in [-0.15, -0.1) is 0 Å². The van der Waals surface area contributed by atoms with Gasteiger partial charge < -0.3 is 0 Å². The Bertz CT molecular complexity index is 426. The van der Waals surface area contributed by atoms with Gasteiger partial charge in [-0.2, -0.15) is 0 Å². The molecule has 1 aliphatic carbocycles. The Morgan fingerprint density at radius 3 is 2.50 bits per heavy atom. The summed E-state index contributed by atoms with van der Waals surface area (Å²) in [5.41, 5.74) is 1.18. The number of piperazine rings is 1. The summed E-state index contributed by atoms with van der Waals surface area (Å²) in [5, 5.41) is 0. The molecule has 1 heterocycles. The maximum Gasteiger partial charge on any atom is 0.137 e. The molecule has 0 unspecified atom stereocenters. The lowest BCUT2D eigenvalue weighted by Crippen LogP contribution is -2.46. The van der Waals surface area contributed by atoms with Gasteiger partial charge in [0, 0.05) is 38.8 Å². The third-order valence-electron chi connectivity index (χ3n) is 3.86. The van der Waals surface area contributed by atoms with Crippen molar-refractivity contribution in [3.8, 4) is 0 Å². The van der Waals surface area contributed by atoms with Gasteiger partial charge in [0.15, 0.2) is 0 Å². The summed E-state index contributed by atoms with van der Waals surface area (Å²) in [6, 6.07) is 6.20. The highest BCUT2D eigenvalue weighted by atomic mass is 79.9. The van der Waals surface area contributed by atoms with Gasteiger partial charge in [-0.25, -0.2) is 4.39 Å². The number of hydrogen-bond acceptors (Lipinski definition) is 2. The van der Waals surface area contributed by atoms with Crippen molar-refractivity contribution in [1.29, 1.82) is 0 Å². The van der Waals surface area contributed by atoms with Crippen molar-refractivity contribution in [3.63, 3.8) is 0 Å². The van der Waals surface area contributed by atoms with Crippen LogP contribution in [0.25, 0.3) is 0 Å². The van der Waals surface area contributed by atoms with E-state index in [4.69, 9.17) is 0 Å². The molecule has 2 aliphatic rings. The third-order valence-corrected chi connectivity index (χ3v) is 4.47. The smallest absolute Gasteiger partial charge is 0.137 e. The highest BCUT2D eigenvalue weighted by molar-refractivity contribution is 9.10. The molecule has 0 N–H and O–H groups in total. The Morgan fingerprint density at radius 2 is 1.89 bits per heavy atom. The molecule has 2 fully saturated rings. The van der Waals surface area contributed by atoms with E-state index in [-0.39, 0.29) is 5.82 Å². The van der Waals surface area contributed by atoms with Crippen molar-refractivity contribution in [2.45, 2.75) is 25.4 Å². The summed E-state index contributed by atoms with van der Waals surface area (Å²) < 4.78 is 13.7. The standard InChI is InChI=1S/C14H18BrFN2/c15-13-9-11(1-4-14(13)16)10-17-5-7-18(8-6-17)12-2-3-12/h1,4,9,12H,2-3,5-8,10H2. The first-order valence-corrected chi connectivity index (χ1v) is 7.42. The zero-order valence-corrected chi connectivity index (χ0v) is 12.0. The highest BCUT2D eigenvalue weighted by Gasteiger charge is 2.30. The lowest BCUT2D eigenvalue weighted by Gasteiger charge is -2.34. The molecule has 98 valence electrons. The van der Waals surface area contributed by atoms with Gasteiger partial charge in [0.2, 0.25) is 0 Å². The maximum absolute atomic E-state index is 13.2. The fourth-order valence-corrected chi connectivity index (χ4v) is 3.05. The van der Waals surface area contributed by atoms with Crippen molar-refractivity contribution < 1.29 is 4.39 Å². The molecule has 0 amide bonds. The molecule has 1 aliphatic heterocycles. The Morgan fingerprint density at radius 1 is 1.17 bits per heavy atom. The highest BCUT2D eigenvalue weighted by Crippen LogP contribution is 2.27. The number of nitrogens with zero attached hydrogens (tertiary/aromatic N) is 2. The Hall–Kier alpha value is -0.450. The second-order valence-electron chi connectivity index (χ2n) is 5.29. The van der Waals surface area contributed by atoms with Crippen LogP contribution in [-0.2, 0) is 6.54 Å². The van der Waals surface area contributed by atoms with Gasteiger partial charge in [0.05, 0.1) is 4.47 Å². The predicted octanol–water partition coefficient (Wildman–Crippen LogP) is 2.87. The fraction of sp³-hybridized carbons (Fsp3) is 0.571. The SMILES string of the molecule is Fc1ccc(CN2CCN(C3CC3)CC2)cc1Br. The zero-order chi connectivity index (χ0) is 12.5. The third kappa shape index (κ3) is 2.92. The Labute approximate surface area is 116 Å². The molecular formula is C14H18BrFN2. The van der Waals surface area contributed by atoms with Gasteiger partial charge in [-0.3, -0.25) is 9.80 Å². The van der Waals surface area contributed by atoms with Gasteiger partial charge >= 0.3 is 0 Å². The number of benzene rings is 1. The molecule has 0 bridgehead atoms. The van der Waals surface area contributed by atoms with E-state index in [0.717, 1.165) is 25.7 Å². The van der Waals surface area contributed by atoms with Crippen LogP contribution in [-0.4, -0.2) is 42.0 Å². The van der Waals surface area contributed by atoms with Crippen LogP contribution in [0, 0.1) is 5.82 Å². The number of rotatable bonds is 3. The molecular weight excluding hydrogens is 295 g/mol. The lowest BCUT2D eigenvalue weighted by atomic mass is 10.2. The number of halogens is 2. The van der Waals surface area contributed by atoms with Crippen molar-refractivity contribution >= 4 is 15.9 Å². The minimum absolute atomic E-state index is 0.183. The summed E-state index contributed by atoms with van der Waals surface area (Å²) in [6.07, 6.45) is 2.79. The minimum atomic E-state index is -0.183. The molecule has 1 aromatic rings. The number of hydrogen-bond donors (Lipinski definition) is 0. The first-order valence-electron chi connectivity index (χ1n) is 6.63. The van der Waals surface area contributed by atoms with Gasteiger partial charge in [-0.1, -0.05) is 6.07 Å². The molecule has 1 aromatic carbocycles. The topological polar surface area (TPSA) is 6.48 Å². The van der Waals surface area contributed by atoms with Crippen LogP contribution in [0.4, 0.5) is 4.39 Å². The van der Waals surface area contributed by atoms with E-state index in [1.165, 1.54) is 31.5 Å². The predicted molar refractivity (Wildman–Crippen MR) is 74.0 cm³/mol. The molecule has 1 saturated heterocycles. The van der Waals surface area contributed by atoms with Gasteiger partial charge in [0.25, 0.3) is 0 Å². The van der Waals surface area contributed by atoms with Crippen LogP contribution < -0.4 is 0 Å². The molecule has 0 aromatic heterocycles. The van der Waals surface area contributed by atoms with E-state index in [1.54, 1.807) is 6.07 Å². The van der Waals surface area contributed by atoms with Crippen molar-refractivity contribution in [3.05, 3.63) is 34.1 Å². The van der Waals surface area contributed by atoms with E-state index >= 15 is 0 Å². The molecule has 4 heteroatoms. The molecule has 0 radical (unpaired) electrons. The first-order chi connectivity index (χ1) is 8.72. The fourth-order valence-electron chi connectivity index (χ4n) is 2.62. The van der Waals surface area contributed by atoms with Crippen molar-refractivity contribution in [2.75, 3.05) is 26.2 Å². The summed E-state index contributed by atoms with van der Waals surface area (Å²) in [4.78, 5) is 5.07. The molecule has 0 atom stereocenters. The average molecular weight is 313 g/mol. The molecule has 1 saturated carbocycles. The van der Waals surface area contributed by atoms with Crippen LogP contribution in [0.1, 0.15) is 18.4 Å². The van der Waals surface area contributed by atoms with Crippen LogP contribution in [0.3, 0.4) is 0 Å². The molecule has 0 spiro atoms. The van der Waals surface area contributed by atoms with Gasteiger partial charge in [0.1, 0.15) is 5.82 Å². The monoisotopic (exact) mass is 312 g/mol. The summed E-state index contributed by atoms with van der Waals surface area (Å²) >= 11 is 3.25. The van der Waals surface area contributed by atoms with Crippen LogP contribution in [0.2, 0.25) is 0 Å². The Balaban J connectivity index is 1.55. The Kier molecular flexibility index (Phi) is 3.68. The quantitative estimate of drug-likeness (QED) is 0.847. The van der Waals surface area contributed by atoms with Crippen LogP contribution >= 0.6 is 15.9 Å². The molecule has 18 heavy (non-hydrogen) atoms. The normalized spacial score (nSPS) is 22.3. The molecule has 3 rings (SSSR count). The van der Waals surface area contributed by atoms with E-state index in [0.29, 0.717) is 4.47 Å². The van der Waals surface area contributed by atoms with E-state index in [2.05, 4.69) is 25.7 Å². The van der Waals surface area contributed by atoms with E-state index in [1.807, 2.05) is 12.1 Å². The zero-order valence-electron chi connectivity index (χ0n) is 10.4. The van der Waals surface area contributed by atoms with Gasteiger partial charge in [-0.05, 0) is 46.5 Å². The summed E-state index contributed by atoms with van der Waals surface area (Å²) in [5.74, 6) is -0.183. The average Bonchev–Trinajstić information content (AvgIpc) is 3.19. The van der Waals surface area contributed by atoms with E-state index < -0.39 is 0 Å². The van der Waals surface area contributed by atoms with Crippen LogP contribution in [0.5, 0.6) is 0 Å². The second kappa shape index (κ2) is 5.27. The van der Waals surface area contributed by atoms with Crippen molar-refractivity contribution in [2.24, 2.45) is 0 Å². The maximum atomic E-state index is 13.2. The van der Waals surface area contributed by atoms with E-state index in [9.17, 15) is 4.39 Å². The molecule has 2 nitrogen and oxygen atoms in total. The minimum Gasteiger partial charge on any atom is -0.298 e. The summed E-state index contributed by atoms with van der Waals surface area (Å²) in [7, 11) is 0. The largest absolute Gasteiger partial charge is 0.298 e. The summed E-state index contributed by atoms with van der Waals surface area (Å²) in [6.45, 7) is 5.56.